The maximum Gasteiger partial charge on any atom is 0.0269 e. The van der Waals surface area contributed by atoms with E-state index >= 15 is 0 Å². The summed E-state index contributed by atoms with van der Waals surface area (Å²) in [6.07, 6.45) is 11.7. The Labute approximate surface area is 133 Å². The number of rotatable bonds is 4. The minimum Gasteiger partial charge on any atom is -0.328 e. The molecule has 1 fully saturated rings. The van der Waals surface area contributed by atoms with Crippen molar-refractivity contribution in [3.63, 3.8) is 0 Å². The van der Waals surface area contributed by atoms with Gasteiger partial charge in [0.05, 0.1) is 0 Å². The van der Waals surface area contributed by atoms with Crippen LogP contribution < -0.4 is 5.73 Å². The maximum atomic E-state index is 6.04. The highest BCUT2D eigenvalue weighted by Crippen LogP contribution is 2.36. The predicted molar refractivity (Wildman–Crippen MR) is 93.6 cm³/mol. The van der Waals surface area contributed by atoms with Gasteiger partial charge in [0.2, 0.25) is 0 Å². The fourth-order valence-corrected chi connectivity index (χ4v) is 4.03. The van der Waals surface area contributed by atoms with Crippen molar-refractivity contribution in [2.24, 2.45) is 11.7 Å². The van der Waals surface area contributed by atoms with E-state index in [4.69, 9.17) is 18.4 Å². The van der Waals surface area contributed by atoms with Gasteiger partial charge in [0.15, 0.2) is 0 Å². The fraction of sp³-hybridized carbons (Fsp3) is 0.474. The summed E-state index contributed by atoms with van der Waals surface area (Å²) in [4.78, 5) is 0. The normalized spacial score (nSPS) is 27.1. The average Bonchev–Trinajstić information content (AvgIpc) is 2.95. The minimum atomic E-state index is 0.344. The van der Waals surface area contributed by atoms with Crippen LogP contribution in [0.2, 0.25) is 0 Å². The van der Waals surface area contributed by atoms with Gasteiger partial charge in [-0.2, -0.15) is 12.6 Å². The van der Waals surface area contributed by atoms with Crippen LogP contribution in [0, 0.1) is 5.92 Å². The molecule has 0 bridgehead atoms. The third-order valence-corrected chi connectivity index (χ3v) is 5.43. The molecule has 0 saturated heterocycles. The van der Waals surface area contributed by atoms with Crippen molar-refractivity contribution in [1.29, 1.82) is 0 Å². The van der Waals surface area contributed by atoms with Gasteiger partial charge < -0.3 is 5.73 Å². The Bertz CT molecular complexity index is 532. The van der Waals surface area contributed by atoms with E-state index in [1.165, 1.54) is 43.2 Å². The average molecular weight is 299 g/mol. The third kappa shape index (κ3) is 3.81. The lowest BCUT2D eigenvalue weighted by Gasteiger charge is -2.22. The zero-order valence-corrected chi connectivity index (χ0v) is 13.4. The van der Waals surface area contributed by atoms with Crippen molar-refractivity contribution >= 4 is 12.6 Å². The summed E-state index contributed by atoms with van der Waals surface area (Å²) in [5.41, 5.74) is 10.5. The Morgan fingerprint density at radius 2 is 1.90 bits per heavy atom. The third-order valence-electron chi connectivity index (χ3n) is 4.91. The van der Waals surface area contributed by atoms with E-state index in [1.54, 1.807) is 5.57 Å². The van der Waals surface area contributed by atoms with Gasteiger partial charge in [0, 0.05) is 11.3 Å². The monoisotopic (exact) mass is 299 g/mol. The van der Waals surface area contributed by atoms with Gasteiger partial charge in [-0.05, 0) is 50.0 Å². The summed E-state index contributed by atoms with van der Waals surface area (Å²) < 4.78 is 0. The first-order chi connectivity index (χ1) is 10.2. The molecule has 0 aliphatic heterocycles. The van der Waals surface area contributed by atoms with E-state index in [9.17, 15) is 0 Å². The van der Waals surface area contributed by atoms with Crippen molar-refractivity contribution in [1.82, 2.24) is 0 Å². The SMILES string of the molecule is NC1CCC(C2=CC=C(C(S)Cc3ccccc3)CC2)C1. The van der Waals surface area contributed by atoms with Crippen LogP contribution >= 0.6 is 12.6 Å². The molecule has 0 amide bonds. The highest BCUT2D eigenvalue weighted by Gasteiger charge is 2.26. The van der Waals surface area contributed by atoms with Gasteiger partial charge in [0.25, 0.3) is 0 Å². The molecule has 3 rings (SSSR count). The largest absolute Gasteiger partial charge is 0.328 e. The Balaban J connectivity index is 1.62. The molecule has 1 aromatic rings. The smallest absolute Gasteiger partial charge is 0.0269 e. The van der Waals surface area contributed by atoms with E-state index in [1.807, 2.05) is 0 Å². The van der Waals surface area contributed by atoms with Crippen LogP contribution in [0.1, 0.15) is 37.7 Å². The Morgan fingerprint density at radius 1 is 1.10 bits per heavy atom. The molecule has 1 nitrogen and oxygen atoms in total. The van der Waals surface area contributed by atoms with Crippen molar-refractivity contribution < 1.29 is 0 Å². The topological polar surface area (TPSA) is 26.0 Å². The van der Waals surface area contributed by atoms with Gasteiger partial charge in [-0.15, -0.1) is 0 Å². The number of thiol groups is 1. The maximum absolute atomic E-state index is 6.04. The van der Waals surface area contributed by atoms with Gasteiger partial charge in [-0.25, -0.2) is 0 Å². The van der Waals surface area contributed by atoms with Crippen LogP contribution in [0.15, 0.2) is 53.6 Å². The summed E-state index contributed by atoms with van der Waals surface area (Å²) in [5, 5.41) is 0.344. The molecule has 3 unspecified atom stereocenters. The highest BCUT2D eigenvalue weighted by atomic mass is 32.1. The highest BCUT2D eigenvalue weighted by molar-refractivity contribution is 7.81. The van der Waals surface area contributed by atoms with Crippen LogP contribution in [0.3, 0.4) is 0 Å². The number of benzene rings is 1. The number of hydrogen-bond donors (Lipinski definition) is 2. The number of nitrogens with two attached hydrogens (primary N) is 1. The summed E-state index contributed by atoms with van der Waals surface area (Å²) >= 11 is 4.82. The standard InChI is InChI=1S/C19H25NS/c20-18-11-10-17(13-18)15-6-8-16(9-7-15)19(21)12-14-4-2-1-3-5-14/h1-6,8,17-19,21H,7,9-13,20H2. The quantitative estimate of drug-likeness (QED) is 0.796. The molecule has 1 saturated carbocycles. The first kappa shape index (κ1) is 14.9. The molecule has 3 atom stereocenters. The van der Waals surface area contributed by atoms with Crippen LogP contribution in [0.4, 0.5) is 0 Å². The first-order valence-corrected chi connectivity index (χ1v) is 8.61. The van der Waals surface area contributed by atoms with Crippen molar-refractivity contribution in [2.45, 2.75) is 49.8 Å². The van der Waals surface area contributed by atoms with Crippen LogP contribution in [-0.4, -0.2) is 11.3 Å². The summed E-state index contributed by atoms with van der Waals surface area (Å²) in [6.45, 7) is 0. The fourth-order valence-electron chi connectivity index (χ4n) is 3.61. The number of hydrogen-bond acceptors (Lipinski definition) is 2. The predicted octanol–water partition coefficient (Wildman–Crippen LogP) is 4.30. The second kappa shape index (κ2) is 6.85. The molecule has 112 valence electrons. The van der Waals surface area contributed by atoms with Crippen LogP contribution in [0.5, 0.6) is 0 Å². The van der Waals surface area contributed by atoms with Crippen LogP contribution in [0.25, 0.3) is 0 Å². The van der Waals surface area contributed by atoms with Gasteiger partial charge in [0.1, 0.15) is 0 Å². The van der Waals surface area contributed by atoms with E-state index in [0.717, 1.165) is 12.3 Å². The molecule has 0 heterocycles. The zero-order valence-electron chi connectivity index (χ0n) is 12.5. The van der Waals surface area contributed by atoms with Gasteiger partial charge in [-0.1, -0.05) is 53.6 Å². The molecule has 1 aromatic carbocycles. The molecule has 21 heavy (non-hydrogen) atoms. The molecular weight excluding hydrogens is 274 g/mol. The van der Waals surface area contributed by atoms with Crippen molar-refractivity contribution in [2.75, 3.05) is 0 Å². The summed E-state index contributed by atoms with van der Waals surface area (Å²) in [5.74, 6) is 0.741. The lowest BCUT2D eigenvalue weighted by atomic mass is 9.86. The molecule has 2 N–H and O–H groups in total. The Kier molecular flexibility index (Phi) is 4.87. The Morgan fingerprint density at radius 3 is 2.52 bits per heavy atom. The van der Waals surface area contributed by atoms with E-state index in [0.29, 0.717) is 11.3 Å². The summed E-state index contributed by atoms with van der Waals surface area (Å²) in [6, 6.07) is 11.1. The second-order valence-electron chi connectivity index (χ2n) is 6.46. The summed E-state index contributed by atoms with van der Waals surface area (Å²) in [7, 11) is 0. The van der Waals surface area contributed by atoms with E-state index < -0.39 is 0 Å². The van der Waals surface area contributed by atoms with Gasteiger partial charge in [-0.3, -0.25) is 0 Å². The first-order valence-electron chi connectivity index (χ1n) is 8.09. The molecule has 2 aliphatic rings. The zero-order chi connectivity index (χ0) is 14.7. The molecule has 0 radical (unpaired) electrons. The lowest BCUT2D eigenvalue weighted by molar-refractivity contribution is 0.588. The van der Waals surface area contributed by atoms with Crippen molar-refractivity contribution in [3.8, 4) is 0 Å². The molecule has 2 heteroatoms. The van der Waals surface area contributed by atoms with E-state index in [-0.39, 0.29) is 0 Å². The van der Waals surface area contributed by atoms with Gasteiger partial charge >= 0.3 is 0 Å². The van der Waals surface area contributed by atoms with Crippen molar-refractivity contribution in [3.05, 3.63) is 59.2 Å². The van der Waals surface area contributed by atoms with Crippen LogP contribution in [-0.2, 0) is 6.42 Å². The Hall–Kier alpha value is -0.990. The molecule has 0 spiro atoms. The lowest BCUT2D eigenvalue weighted by Crippen LogP contribution is -2.16. The second-order valence-corrected chi connectivity index (χ2v) is 7.08. The molecular formula is C19H25NS. The minimum absolute atomic E-state index is 0.344. The number of allylic oxidation sites excluding steroid dienone is 3. The molecule has 2 aliphatic carbocycles. The molecule has 0 aromatic heterocycles. The van der Waals surface area contributed by atoms with E-state index in [2.05, 4.69) is 42.5 Å².